The third-order valence-electron chi connectivity index (χ3n) is 1.46. The second-order valence-electron chi connectivity index (χ2n) is 2.08. The zero-order valence-electron chi connectivity index (χ0n) is 5.61. The molecular formula is C7H6O4. The maximum atomic E-state index is 8.37. The number of hydrogen-bond donors (Lipinski definition) is 1. The van der Waals surface area contributed by atoms with E-state index in [1.54, 1.807) is 18.2 Å². The molecule has 0 bridgehead atoms. The Morgan fingerprint density at radius 3 is 3.09 bits per heavy atom. The van der Waals surface area contributed by atoms with Crippen LogP contribution in [0.2, 0.25) is 0 Å². The lowest BCUT2D eigenvalue weighted by Crippen LogP contribution is -1.93. The average molecular weight is 154 g/mol. The smallest absolute Gasteiger partial charge is 0.231 e. The number of fused-ring (bicyclic) bond motifs is 1. The van der Waals surface area contributed by atoms with E-state index in [4.69, 9.17) is 14.7 Å². The lowest BCUT2D eigenvalue weighted by atomic mass is 10.3. The Morgan fingerprint density at radius 1 is 1.36 bits per heavy atom. The van der Waals surface area contributed by atoms with Crippen molar-refractivity contribution in [1.29, 1.82) is 0 Å². The summed E-state index contributed by atoms with van der Waals surface area (Å²) in [4.78, 5) is 4.05. The third kappa shape index (κ3) is 0.877. The SMILES string of the molecule is OOc1cccc2c1OCO2. The van der Waals surface area contributed by atoms with Crippen molar-refractivity contribution in [2.24, 2.45) is 0 Å². The summed E-state index contributed by atoms with van der Waals surface area (Å²) in [7, 11) is 0. The largest absolute Gasteiger partial charge is 0.453 e. The highest BCUT2D eigenvalue weighted by molar-refractivity contribution is 5.52. The summed E-state index contributed by atoms with van der Waals surface area (Å²) < 4.78 is 10.0. The van der Waals surface area contributed by atoms with Gasteiger partial charge in [0.05, 0.1) is 0 Å². The fourth-order valence-corrected chi connectivity index (χ4v) is 0.975. The normalized spacial score (nSPS) is 13.2. The van der Waals surface area contributed by atoms with E-state index in [1.807, 2.05) is 0 Å². The fourth-order valence-electron chi connectivity index (χ4n) is 0.975. The van der Waals surface area contributed by atoms with E-state index in [2.05, 4.69) is 4.89 Å². The maximum Gasteiger partial charge on any atom is 0.231 e. The van der Waals surface area contributed by atoms with E-state index in [9.17, 15) is 0 Å². The van der Waals surface area contributed by atoms with Gasteiger partial charge in [-0.25, -0.2) is 5.26 Å². The van der Waals surface area contributed by atoms with Crippen LogP contribution in [0, 0.1) is 0 Å². The van der Waals surface area contributed by atoms with Gasteiger partial charge in [-0.1, -0.05) is 6.07 Å². The van der Waals surface area contributed by atoms with E-state index in [1.165, 1.54) is 0 Å². The molecule has 4 heteroatoms. The minimum absolute atomic E-state index is 0.176. The standard InChI is InChI=1S/C7H6O4/c8-11-6-3-1-2-5-7(6)10-4-9-5/h1-3,8H,4H2. The molecule has 1 aliphatic rings. The van der Waals surface area contributed by atoms with Crippen LogP contribution >= 0.6 is 0 Å². The Kier molecular flexibility index (Phi) is 1.33. The van der Waals surface area contributed by atoms with Crippen LogP contribution in [-0.2, 0) is 0 Å². The van der Waals surface area contributed by atoms with Crippen LogP contribution in [0.1, 0.15) is 0 Å². The van der Waals surface area contributed by atoms with Crippen LogP contribution in [0.3, 0.4) is 0 Å². The van der Waals surface area contributed by atoms with Gasteiger partial charge in [-0.2, -0.15) is 0 Å². The van der Waals surface area contributed by atoms with Crippen LogP contribution in [-0.4, -0.2) is 12.1 Å². The molecule has 11 heavy (non-hydrogen) atoms. The van der Waals surface area contributed by atoms with Gasteiger partial charge in [-0.3, -0.25) is 0 Å². The van der Waals surface area contributed by atoms with Gasteiger partial charge in [0.25, 0.3) is 0 Å². The lowest BCUT2D eigenvalue weighted by molar-refractivity contribution is -0.139. The quantitative estimate of drug-likeness (QED) is 0.488. The van der Waals surface area contributed by atoms with E-state index in [0.717, 1.165) is 0 Å². The van der Waals surface area contributed by atoms with Crippen LogP contribution in [0.15, 0.2) is 18.2 Å². The molecule has 0 aliphatic carbocycles. The topological polar surface area (TPSA) is 47.9 Å². The van der Waals surface area contributed by atoms with Gasteiger partial charge in [0.15, 0.2) is 5.75 Å². The molecule has 1 aliphatic heterocycles. The van der Waals surface area contributed by atoms with Gasteiger partial charge in [0, 0.05) is 0 Å². The van der Waals surface area contributed by atoms with Crippen molar-refractivity contribution in [3.8, 4) is 17.2 Å². The molecule has 0 saturated carbocycles. The van der Waals surface area contributed by atoms with E-state index in [-0.39, 0.29) is 12.5 Å². The zero-order valence-corrected chi connectivity index (χ0v) is 5.61. The van der Waals surface area contributed by atoms with Crippen LogP contribution in [0.5, 0.6) is 17.2 Å². The molecule has 4 nitrogen and oxygen atoms in total. The van der Waals surface area contributed by atoms with E-state index < -0.39 is 0 Å². The van der Waals surface area contributed by atoms with Gasteiger partial charge in [0.1, 0.15) is 0 Å². The first-order chi connectivity index (χ1) is 5.42. The molecule has 1 N–H and O–H groups in total. The molecule has 0 radical (unpaired) electrons. The Labute approximate surface area is 62.9 Å². The number of para-hydroxylation sites is 1. The first-order valence-electron chi connectivity index (χ1n) is 3.12. The fraction of sp³-hybridized carbons (Fsp3) is 0.143. The summed E-state index contributed by atoms with van der Waals surface area (Å²) in [6.45, 7) is 0.176. The Hall–Kier alpha value is -1.42. The molecule has 0 fully saturated rings. The van der Waals surface area contributed by atoms with Gasteiger partial charge in [-0.15, -0.1) is 0 Å². The highest BCUT2D eigenvalue weighted by Gasteiger charge is 2.18. The number of benzene rings is 1. The summed E-state index contributed by atoms with van der Waals surface area (Å²) in [6, 6.07) is 5.04. The monoisotopic (exact) mass is 154 g/mol. The van der Waals surface area contributed by atoms with Crippen LogP contribution in [0.25, 0.3) is 0 Å². The molecule has 0 unspecified atom stereocenters. The van der Waals surface area contributed by atoms with Crippen LogP contribution < -0.4 is 14.4 Å². The van der Waals surface area contributed by atoms with Crippen molar-refractivity contribution in [3.05, 3.63) is 18.2 Å². The van der Waals surface area contributed by atoms with Gasteiger partial charge in [-0.05, 0) is 12.1 Å². The van der Waals surface area contributed by atoms with Crippen molar-refractivity contribution in [2.45, 2.75) is 0 Å². The minimum Gasteiger partial charge on any atom is -0.453 e. The third-order valence-corrected chi connectivity index (χ3v) is 1.46. The Balaban J connectivity index is 2.50. The predicted molar refractivity (Wildman–Crippen MR) is 35.8 cm³/mol. The molecule has 1 aromatic rings. The Morgan fingerprint density at radius 2 is 2.27 bits per heavy atom. The molecule has 0 aromatic heterocycles. The number of hydrogen-bond acceptors (Lipinski definition) is 4. The first kappa shape index (κ1) is 6.30. The van der Waals surface area contributed by atoms with Gasteiger partial charge < -0.3 is 14.4 Å². The first-order valence-corrected chi connectivity index (χ1v) is 3.12. The summed E-state index contributed by atoms with van der Waals surface area (Å²) >= 11 is 0. The summed E-state index contributed by atoms with van der Waals surface area (Å²) in [5, 5.41) is 8.37. The lowest BCUT2D eigenvalue weighted by Gasteiger charge is -1.99. The summed E-state index contributed by atoms with van der Waals surface area (Å²) in [5.74, 6) is 1.33. The highest BCUT2D eigenvalue weighted by Crippen LogP contribution is 2.39. The molecule has 1 heterocycles. The molecule has 0 saturated heterocycles. The number of rotatable bonds is 1. The van der Waals surface area contributed by atoms with Gasteiger partial charge >= 0.3 is 0 Å². The molecule has 0 atom stereocenters. The van der Waals surface area contributed by atoms with Crippen molar-refractivity contribution < 1.29 is 19.6 Å². The van der Waals surface area contributed by atoms with Crippen molar-refractivity contribution in [3.63, 3.8) is 0 Å². The van der Waals surface area contributed by atoms with E-state index in [0.29, 0.717) is 11.5 Å². The second kappa shape index (κ2) is 2.32. The molecule has 2 rings (SSSR count). The molecule has 0 amide bonds. The maximum absolute atomic E-state index is 8.37. The van der Waals surface area contributed by atoms with Crippen LogP contribution in [0.4, 0.5) is 0 Å². The molecule has 0 spiro atoms. The zero-order chi connectivity index (χ0) is 7.68. The second-order valence-corrected chi connectivity index (χ2v) is 2.08. The van der Waals surface area contributed by atoms with Crippen molar-refractivity contribution >= 4 is 0 Å². The molecule has 58 valence electrons. The minimum atomic E-state index is 0.176. The summed E-state index contributed by atoms with van der Waals surface area (Å²) in [6.07, 6.45) is 0. The molecular weight excluding hydrogens is 148 g/mol. The van der Waals surface area contributed by atoms with Crippen molar-refractivity contribution in [2.75, 3.05) is 6.79 Å². The van der Waals surface area contributed by atoms with E-state index >= 15 is 0 Å². The predicted octanol–water partition coefficient (Wildman–Crippen LogP) is 1.27. The number of ether oxygens (including phenoxy) is 2. The van der Waals surface area contributed by atoms with Gasteiger partial charge in [0.2, 0.25) is 18.3 Å². The summed E-state index contributed by atoms with van der Waals surface area (Å²) in [5.41, 5.74) is 0. The Bertz CT molecular complexity index is 271. The highest BCUT2D eigenvalue weighted by atomic mass is 17.1. The molecule has 1 aromatic carbocycles. The van der Waals surface area contributed by atoms with Crippen molar-refractivity contribution in [1.82, 2.24) is 0 Å². The average Bonchev–Trinajstić information content (AvgIpc) is 2.50.